The normalized spacial score (nSPS) is 13.9. The monoisotopic (exact) mass is 407 g/mol. The number of nitrogens with one attached hydrogen (secondary N) is 1. The van der Waals surface area contributed by atoms with Crippen molar-refractivity contribution in [3.05, 3.63) is 101 Å². The van der Waals surface area contributed by atoms with Crippen molar-refractivity contribution in [3.8, 4) is 0 Å². The van der Waals surface area contributed by atoms with E-state index in [4.69, 9.17) is 11.6 Å². The van der Waals surface area contributed by atoms with Gasteiger partial charge in [0.1, 0.15) is 11.5 Å². The number of carbonyl (C=O) groups excluding carboxylic acids is 2. The molecule has 144 valence electrons. The first-order chi connectivity index (χ1) is 14.0. The maximum Gasteiger partial charge on any atom is 0.278 e. The minimum Gasteiger partial charge on any atom is -0.350 e. The number of hydrogen-bond acceptors (Lipinski definition) is 4. The minimum atomic E-state index is -0.465. The highest BCUT2D eigenvalue weighted by Gasteiger charge is 2.39. The number of carbonyl (C=O) groups is 2. The lowest BCUT2D eigenvalue weighted by Crippen LogP contribution is -2.32. The highest BCUT2D eigenvalue weighted by molar-refractivity contribution is 6.36. The molecular weight excluding hydrogens is 393 g/mol. The third-order valence-corrected chi connectivity index (χ3v) is 4.73. The highest BCUT2D eigenvalue weighted by atomic mass is 35.5. The summed E-state index contributed by atoms with van der Waals surface area (Å²) in [6.45, 7) is 0.0944. The van der Waals surface area contributed by atoms with E-state index in [-0.39, 0.29) is 17.8 Å². The first kappa shape index (κ1) is 18.8. The lowest BCUT2D eigenvalue weighted by molar-refractivity contribution is -0.137. The molecule has 0 fully saturated rings. The van der Waals surface area contributed by atoms with Crippen molar-refractivity contribution in [2.45, 2.75) is 6.54 Å². The van der Waals surface area contributed by atoms with Gasteiger partial charge in [0.25, 0.3) is 11.8 Å². The molecule has 0 unspecified atom stereocenters. The predicted molar refractivity (Wildman–Crippen MR) is 108 cm³/mol. The van der Waals surface area contributed by atoms with Gasteiger partial charge in [-0.15, -0.1) is 0 Å². The second kappa shape index (κ2) is 7.85. The van der Waals surface area contributed by atoms with Gasteiger partial charge in [-0.3, -0.25) is 19.5 Å². The van der Waals surface area contributed by atoms with Gasteiger partial charge in [0.2, 0.25) is 0 Å². The van der Waals surface area contributed by atoms with Crippen molar-refractivity contribution >= 4 is 34.7 Å². The number of amides is 2. The van der Waals surface area contributed by atoms with Crippen LogP contribution in [0.4, 0.5) is 10.1 Å². The fraction of sp³-hybridized carbons (Fsp3) is 0.0455. The molecule has 7 heteroatoms. The first-order valence-electron chi connectivity index (χ1n) is 8.81. The third kappa shape index (κ3) is 3.88. The molecule has 29 heavy (non-hydrogen) atoms. The van der Waals surface area contributed by atoms with Crippen molar-refractivity contribution in [2.75, 3.05) is 5.32 Å². The number of benzene rings is 2. The van der Waals surface area contributed by atoms with Crippen molar-refractivity contribution < 1.29 is 14.0 Å². The molecule has 2 heterocycles. The fourth-order valence-corrected chi connectivity index (χ4v) is 3.20. The zero-order valence-corrected chi connectivity index (χ0v) is 15.9. The Kier molecular flexibility index (Phi) is 5.10. The van der Waals surface area contributed by atoms with Crippen LogP contribution >= 0.6 is 11.6 Å². The largest absolute Gasteiger partial charge is 0.350 e. The molecule has 3 aromatic rings. The summed E-state index contributed by atoms with van der Waals surface area (Å²) < 4.78 is 13.2. The van der Waals surface area contributed by atoms with Crippen LogP contribution < -0.4 is 5.32 Å². The molecule has 1 aliphatic rings. The summed E-state index contributed by atoms with van der Waals surface area (Å²) in [6.07, 6.45) is 3.23. The number of nitrogens with zero attached hydrogens (tertiary/aromatic N) is 2. The van der Waals surface area contributed by atoms with Crippen LogP contribution in [-0.2, 0) is 16.1 Å². The number of rotatable bonds is 5. The fourth-order valence-electron chi connectivity index (χ4n) is 3.07. The summed E-state index contributed by atoms with van der Waals surface area (Å²) in [4.78, 5) is 31.5. The maximum absolute atomic E-state index is 13.2. The third-order valence-electron chi connectivity index (χ3n) is 4.48. The van der Waals surface area contributed by atoms with Gasteiger partial charge < -0.3 is 5.32 Å². The average Bonchev–Trinajstić information content (AvgIpc) is 2.95. The first-order valence-corrected chi connectivity index (χ1v) is 9.18. The molecule has 5 nitrogen and oxygen atoms in total. The molecule has 0 aliphatic carbocycles. The molecule has 0 saturated carbocycles. The Morgan fingerprint density at radius 3 is 2.34 bits per heavy atom. The van der Waals surface area contributed by atoms with E-state index in [0.29, 0.717) is 16.3 Å². The lowest BCUT2D eigenvalue weighted by atomic mass is 10.0. The number of hydrogen-bond donors (Lipinski definition) is 1. The van der Waals surface area contributed by atoms with Gasteiger partial charge in [-0.1, -0.05) is 29.8 Å². The molecule has 0 spiro atoms. The van der Waals surface area contributed by atoms with E-state index in [9.17, 15) is 14.0 Å². The van der Waals surface area contributed by atoms with Crippen LogP contribution in [-0.4, -0.2) is 21.7 Å². The Hall–Kier alpha value is -3.51. The summed E-state index contributed by atoms with van der Waals surface area (Å²) in [7, 11) is 0. The Morgan fingerprint density at radius 1 is 0.966 bits per heavy atom. The summed E-state index contributed by atoms with van der Waals surface area (Å²) in [5.74, 6) is -1.28. The molecule has 1 aromatic heterocycles. The van der Waals surface area contributed by atoms with E-state index in [1.807, 2.05) is 0 Å². The molecule has 0 bridgehead atoms. The minimum absolute atomic E-state index is 0.0944. The molecule has 2 aromatic carbocycles. The van der Waals surface area contributed by atoms with Gasteiger partial charge in [-0.25, -0.2) is 4.39 Å². The number of imide groups is 1. The zero-order chi connectivity index (χ0) is 20.4. The van der Waals surface area contributed by atoms with E-state index in [1.54, 1.807) is 48.8 Å². The Balaban J connectivity index is 1.74. The average molecular weight is 408 g/mol. The van der Waals surface area contributed by atoms with Crippen LogP contribution in [0.15, 0.2) is 78.8 Å². The standard InChI is InChI=1S/C22H15ClFN3O2/c23-16-5-3-15(4-6-16)19-20(26-18-9-7-17(24)8-10-18)22(29)27(21(19)28)13-14-2-1-11-25-12-14/h1-12,26H,13H2. The summed E-state index contributed by atoms with van der Waals surface area (Å²) in [6, 6.07) is 15.8. The van der Waals surface area contributed by atoms with E-state index in [2.05, 4.69) is 10.3 Å². The van der Waals surface area contributed by atoms with Crippen LogP contribution in [0, 0.1) is 5.82 Å². The van der Waals surface area contributed by atoms with Gasteiger partial charge in [-0.2, -0.15) is 0 Å². The Morgan fingerprint density at radius 2 is 1.69 bits per heavy atom. The van der Waals surface area contributed by atoms with Crippen molar-refractivity contribution in [3.63, 3.8) is 0 Å². The van der Waals surface area contributed by atoms with E-state index < -0.39 is 17.6 Å². The van der Waals surface area contributed by atoms with Crippen molar-refractivity contribution in [1.82, 2.24) is 9.88 Å². The Bertz CT molecular complexity index is 1100. The van der Waals surface area contributed by atoms with Crippen LogP contribution in [0.5, 0.6) is 0 Å². The molecular formula is C22H15ClFN3O2. The SMILES string of the molecule is O=C1C(Nc2ccc(F)cc2)=C(c2ccc(Cl)cc2)C(=O)N1Cc1cccnc1. The quantitative estimate of drug-likeness (QED) is 0.642. The molecule has 0 atom stereocenters. The number of halogens is 2. The van der Waals surface area contributed by atoms with E-state index >= 15 is 0 Å². The molecule has 2 amide bonds. The van der Waals surface area contributed by atoms with Crippen LogP contribution in [0.1, 0.15) is 11.1 Å². The molecule has 4 rings (SSSR count). The number of aromatic nitrogens is 1. The van der Waals surface area contributed by atoms with Gasteiger partial charge >= 0.3 is 0 Å². The van der Waals surface area contributed by atoms with E-state index in [1.165, 1.54) is 24.3 Å². The number of pyridine rings is 1. The second-order valence-corrected chi connectivity index (χ2v) is 6.88. The lowest BCUT2D eigenvalue weighted by Gasteiger charge is -2.15. The van der Waals surface area contributed by atoms with Gasteiger partial charge in [-0.05, 0) is 53.6 Å². The van der Waals surface area contributed by atoms with Gasteiger partial charge in [0, 0.05) is 23.1 Å². The molecule has 0 radical (unpaired) electrons. The maximum atomic E-state index is 13.2. The molecule has 1 aliphatic heterocycles. The highest BCUT2D eigenvalue weighted by Crippen LogP contribution is 2.32. The molecule has 1 N–H and O–H groups in total. The second-order valence-electron chi connectivity index (χ2n) is 6.45. The summed E-state index contributed by atoms with van der Waals surface area (Å²) >= 11 is 5.96. The smallest absolute Gasteiger partial charge is 0.278 e. The van der Waals surface area contributed by atoms with Gasteiger partial charge in [0.15, 0.2) is 0 Å². The molecule has 0 saturated heterocycles. The zero-order valence-electron chi connectivity index (χ0n) is 15.1. The van der Waals surface area contributed by atoms with Crippen LogP contribution in [0.2, 0.25) is 5.02 Å². The summed E-state index contributed by atoms with van der Waals surface area (Å²) in [5.41, 5.74) is 2.16. The van der Waals surface area contributed by atoms with Crippen LogP contribution in [0.25, 0.3) is 5.57 Å². The van der Waals surface area contributed by atoms with Crippen LogP contribution in [0.3, 0.4) is 0 Å². The van der Waals surface area contributed by atoms with E-state index in [0.717, 1.165) is 10.5 Å². The van der Waals surface area contributed by atoms with Crippen molar-refractivity contribution in [1.29, 1.82) is 0 Å². The topological polar surface area (TPSA) is 62.3 Å². The predicted octanol–water partition coefficient (Wildman–Crippen LogP) is 4.27. The number of anilines is 1. The Labute approximate surface area is 171 Å². The summed E-state index contributed by atoms with van der Waals surface area (Å²) in [5, 5.41) is 3.50. The van der Waals surface area contributed by atoms with Crippen molar-refractivity contribution in [2.24, 2.45) is 0 Å². The van der Waals surface area contributed by atoms with Gasteiger partial charge in [0.05, 0.1) is 12.1 Å².